The third-order valence-corrected chi connectivity index (χ3v) is 3.43. The van der Waals surface area contributed by atoms with E-state index in [0.717, 1.165) is 16.0 Å². The van der Waals surface area contributed by atoms with Crippen LogP contribution in [-0.4, -0.2) is 11.9 Å². The van der Waals surface area contributed by atoms with Gasteiger partial charge < -0.3 is 11.1 Å². The van der Waals surface area contributed by atoms with Gasteiger partial charge in [-0.2, -0.15) is 0 Å². The molecule has 22 heavy (non-hydrogen) atoms. The number of nitrogens with zero attached hydrogens (tertiary/aromatic N) is 1. The molecule has 5 nitrogen and oxygen atoms in total. The van der Waals surface area contributed by atoms with Gasteiger partial charge in [0.15, 0.2) is 0 Å². The van der Waals surface area contributed by atoms with Crippen molar-refractivity contribution in [1.82, 2.24) is 0 Å². The molecule has 3 N–H and O–H groups in total. The van der Waals surface area contributed by atoms with Crippen LogP contribution in [0.4, 0.5) is 21.9 Å². The Morgan fingerprint density at radius 3 is 2.18 bits per heavy atom. The van der Waals surface area contributed by atoms with E-state index in [1.54, 1.807) is 24.3 Å². The maximum Gasteiger partial charge on any atom is 0.333 e. The van der Waals surface area contributed by atoms with Crippen molar-refractivity contribution in [2.45, 2.75) is 20.8 Å². The van der Waals surface area contributed by atoms with Gasteiger partial charge in [-0.1, -0.05) is 6.07 Å². The van der Waals surface area contributed by atoms with E-state index in [1.165, 1.54) is 6.92 Å². The lowest BCUT2D eigenvalue weighted by Crippen LogP contribution is -2.38. The highest BCUT2D eigenvalue weighted by atomic mass is 16.2. The molecule has 0 aliphatic rings. The number of aryl methyl sites for hydroxylation is 2. The first-order valence-corrected chi connectivity index (χ1v) is 6.93. The van der Waals surface area contributed by atoms with Crippen LogP contribution in [-0.2, 0) is 4.79 Å². The van der Waals surface area contributed by atoms with Gasteiger partial charge in [0.05, 0.1) is 5.69 Å². The second-order valence-electron chi connectivity index (χ2n) is 5.18. The summed E-state index contributed by atoms with van der Waals surface area (Å²) < 4.78 is 0. The van der Waals surface area contributed by atoms with Crippen molar-refractivity contribution >= 4 is 29.0 Å². The van der Waals surface area contributed by atoms with Crippen LogP contribution in [0.3, 0.4) is 0 Å². The van der Waals surface area contributed by atoms with Crippen molar-refractivity contribution in [2.75, 3.05) is 16.0 Å². The topological polar surface area (TPSA) is 75.4 Å². The van der Waals surface area contributed by atoms with E-state index in [4.69, 9.17) is 5.73 Å². The maximum atomic E-state index is 12.4. The number of nitrogens with two attached hydrogens (primary N) is 1. The van der Waals surface area contributed by atoms with Crippen molar-refractivity contribution in [3.05, 3.63) is 53.6 Å². The largest absolute Gasteiger partial charge is 0.399 e. The molecule has 0 radical (unpaired) electrons. The fourth-order valence-corrected chi connectivity index (χ4v) is 2.06. The van der Waals surface area contributed by atoms with Crippen molar-refractivity contribution in [1.29, 1.82) is 0 Å². The smallest absolute Gasteiger partial charge is 0.333 e. The van der Waals surface area contributed by atoms with Gasteiger partial charge in [0.2, 0.25) is 5.91 Å². The highest BCUT2D eigenvalue weighted by molar-refractivity contribution is 6.17. The number of urea groups is 1. The van der Waals surface area contributed by atoms with Crippen molar-refractivity contribution in [3.63, 3.8) is 0 Å². The summed E-state index contributed by atoms with van der Waals surface area (Å²) in [5, 5.41) is 2.74. The SMILES string of the molecule is CC(=O)N(C(=O)Nc1ccc(C)c(C)c1)c1ccc(N)cc1. The Morgan fingerprint density at radius 2 is 1.64 bits per heavy atom. The van der Waals surface area contributed by atoms with Gasteiger partial charge in [0, 0.05) is 18.3 Å². The molecule has 0 saturated carbocycles. The molecule has 114 valence electrons. The minimum atomic E-state index is -0.500. The summed E-state index contributed by atoms with van der Waals surface area (Å²) in [6, 6.07) is 11.7. The van der Waals surface area contributed by atoms with E-state index >= 15 is 0 Å². The molecule has 3 amide bonds. The zero-order valence-corrected chi connectivity index (χ0v) is 12.9. The number of carbonyl (C=O) groups is 2. The van der Waals surface area contributed by atoms with E-state index in [-0.39, 0.29) is 5.91 Å². The van der Waals surface area contributed by atoms with Gasteiger partial charge >= 0.3 is 6.03 Å². The molecule has 2 rings (SSSR count). The summed E-state index contributed by atoms with van der Waals surface area (Å²) in [7, 11) is 0. The van der Waals surface area contributed by atoms with Crippen molar-refractivity contribution in [3.8, 4) is 0 Å². The molecule has 2 aromatic carbocycles. The molecule has 0 aliphatic heterocycles. The monoisotopic (exact) mass is 297 g/mol. The third kappa shape index (κ3) is 3.44. The fraction of sp³-hybridized carbons (Fsp3) is 0.176. The molecule has 0 atom stereocenters. The number of nitrogens with one attached hydrogen (secondary N) is 1. The van der Waals surface area contributed by atoms with Crippen LogP contribution in [0.1, 0.15) is 18.1 Å². The summed E-state index contributed by atoms with van der Waals surface area (Å²) in [6.07, 6.45) is 0. The molecule has 0 aromatic heterocycles. The average Bonchev–Trinajstić information content (AvgIpc) is 2.45. The molecule has 0 unspecified atom stereocenters. The third-order valence-electron chi connectivity index (χ3n) is 3.43. The Bertz CT molecular complexity index is 708. The van der Waals surface area contributed by atoms with Crippen LogP contribution in [0.2, 0.25) is 0 Å². The Balaban J connectivity index is 2.25. The standard InChI is InChI=1S/C17H19N3O2/c1-11-4-7-15(10-12(11)2)19-17(22)20(13(3)21)16-8-5-14(18)6-9-16/h4-10H,18H2,1-3H3,(H,19,22). The lowest BCUT2D eigenvalue weighted by molar-refractivity contribution is -0.115. The lowest BCUT2D eigenvalue weighted by Gasteiger charge is -2.20. The first-order chi connectivity index (χ1) is 10.4. The average molecular weight is 297 g/mol. The molecule has 5 heteroatoms. The fourth-order valence-electron chi connectivity index (χ4n) is 2.06. The van der Waals surface area contributed by atoms with Crippen LogP contribution in [0.15, 0.2) is 42.5 Å². The van der Waals surface area contributed by atoms with Gasteiger partial charge in [-0.15, -0.1) is 0 Å². The summed E-state index contributed by atoms with van der Waals surface area (Å²) in [5.74, 6) is -0.369. The van der Waals surface area contributed by atoms with Gasteiger partial charge in [-0.25, -0.2) is 9.69 Å². The van der Waals surface area contributed by atoms with Crippen LogP contribution < -0.4 is 16.0 Å². The minimum Gasteiger partial charge on any atom is -0.399 e. The molecule has 0 saturated heterocycles. The number of rotatable bonds is 2. The predicted molar refractivity (Wildman–Crippen MR) is 88.9 cm³/mol. The number of carbonyl (C=O) groups excluding carboxylic acids is 2. The highest BCUT2D eigenvalue weighted by Gasteiger charge is 2.20. The van der Waals surface area contributed by atoms with E-state index in [0.29, 0.717) is 17.1 Å². The van der Waals surface area contributed by atoms with Gasteiger partial charge in [0.25, 0.3) is 0 Å². The number of hydrogen-bond acceptors (Lipinski definition) is 3. The van der Waals surface area contributed by atoms with E-state index in [2.05, 4.69) is 5.32 Å². The Kier molecular flexibility index (Phi) is 4.46. The normalized spacial score (nSPS) is 10.1. The summed E-state index contributed by atoms with van der Waals surface area (Å²) in [4.78, 5) is 25.3. The molecular formula is C17H19N3O2. The summed E-state index contributed by atoms with van der Waals surface area (Å²) in [6.45, 7) is 5.31. The molecule has 0 spiro atoms. The number of nitrogen functional groups attached to an aromatic ring is 1. The second-order valence-corrected chi connectivity index (χ2v) is 5.18. The first-order valence-electron chi connectivity index (χ1n) is 6.93. The van der Waals surface area contributed by atoms with E-state index in [9.17, 15) is 9.59 Å². The van der Waals surface area contributed by atoms with Crippen LogP contribution in [0.5, 0.6) is 0 Å². The summed E-state index contributed by atoms with van der Waals surface area (Å²) >= 11 is 0. The molecule has 2 aromatic rings. The molecule has 0 fully saturated rings. The van der Waals surface area contributed by atoms with Crippen molar-refractivity contribution in [2.24, 2.45) is 0 Å². The quantitative estimate of drug-likeness (QED) is 0.833. The second kappa shape index (κ2) is 6.30. The van der Waals surface area contributed by atoms with Crippen LogP contribution in [0.25, 0.3) is 0 Å². The van der Waals surface area contributed by atoms with Gasteiger partial charge in [-0.3, -0.25) is 4.79 Å². The van der Waals surface area contributed by atoms with Crippen LogP contribution in [0, 0.1) is 13.8 Å². The minimum absolute atomic E-state index is 0.369. The Labute approximate surface area is 129 Å². The van der Waals surface area contributed by atoms with Crippen LogP contribution >= 0.6 is 0 Å². The molecule has 0 heterocycles. The van der Waals surface area contributed by atoms with E-state index < -0.39 is 6.03 Å². The molecular weight excluding hydrogens is 278 g/mol. The number of amides is 3. The Hall–Kier alpha value is -2.82. The van der Waals surface area contributed by atoms with Gasteiger partial charge in [-0.05, 0) is 61.4 Å². The van der Waals surface area contributed by atoms with Gasteiger partial charge in [0.1, 0.15) is 0 Å². The number of imide groups is 1. The number of anilines is 3. The van der Waals surface area contributed by atoms with Crippen molar-refractivity contribution < 1.29 is 9.59 Å². The number of hydrogen-bond donors (Lipinski definition) is 2. The first kappa shape index (κ1) is 15.6. The number of benzene rings is 2. The predicted octanol–water partition coefficient (Wildman–Crippen LogP) is 3.47. The lowest BCUT2D eigenvalue weighted by atomic mass is 10.1. The molecule has 0 bridgehead atoms. The van der Waals surface area contributed by atoms with E-state index in [1.807, 2.05) is 32.0 Å². The maximum absolute atomic E-state index is 12.4. The zero-order valence-electron chi connectivity index (χ0n) is 12.9. The highest BCUT2D eigenvalue weighted by Crippen LogP contribution is 2.19. The zero-order chi connectivity index (χ0) is 16.3. The molecule has 0 aliphatic carbocycles. The summed E-state index contributed by atoms with van der Waals surface area (Å²) in [5.41, 5.74) is 9.53. The Morgan fingerprint density at radius 1 is 1.00 bits per heavy atom.